The molecule has 1 rings (SSSR count). The normalized spacial score (nSPS) is 14.2. The third-order valence-electron chi connectivity index (χ3n) is 3.29. The Bertz CT molecular complexity index is 376. The summed E-state index contributed by atoms with van der Waals surface area (Å²) in [4.78, 5) is 13.9. The van der Waals surface area contributed by atoms with Crippen molar-refractivity contribution in [2.75, 3.05) is 7.05 Å². The van der Waals surface area contributed by atoms with Gasteiger partial charge in [-0.25, -0.2) is 4.79 Å². The third-order valence-corrected chi connectivity index (χ3v) is 4.02. The van der Waals surface area contributed by atoms with Crippen LogP contribution in [0.25, 0.3) is 0 Å². The fourth-order valence-electron chi connectivity index (χ4n) is 2.17. The second-order valence-corrected chi connectivity index (χ2v) is 6.56. The Kier molecular flexibility index (Phi) is 6.35. The molecule has 0 radical (unpaired) electrons. The molecular weight excluding hydrogens is 256 g/mol. The Balaban J connectivity index is 2.40. The zero-order valence-electron chi connectivity index (χ0n) is 12.6. The molecule has 0 aliphatic heterocycles. The van der Waals surface area contributed by atoms with Crippen LogP contribution in [0.2, 0.25) is 0 Å². The molecule has 108 valence electrons. The minimum Gasteiger partial charge on any atom is -0.335 e. The SMILES string of the molecule is CC(C)C[C@H](C)N(C)C(=O)N[C@@H](C)Cc1ccsc1. The van der Waals surface area contributed by atoms with Crippen LogP contribution in [0.15, 0.2) is 16.8 Å². The van der Waals surface area contributed by atoms with Crippen molar-refractivity contribution < 1.29 is 4.79 Å². The predicted octanol–water partition coefficient (Wildman–Crippen LogP) is 3.76. The monoisotopic (exact) mass is 282 g/mol. The van der Waals surface area contributed by atoms with Gasteiger partial charge >= 0.3 is 6.03 Å². The second-order valence-electron chi connectivity index (χ2n) is 5.78. The number of urea groups is 1. The van der Waals surface area contributed by atoms with Crippen molar-refractivity contribution in [2.45, 2.75) is 52.6 Å². The lowest BCUT2D eigenvalue weighted by molar-refractivity contribution is 0.183. The second kappa shape index (κ2) is 7.53. The summed E-state index contributed by atoms with van der Waals surface area (Å²) in [5.41, 5.74) is 1.29. The van der Waals surface area contributed by atoms with Crippen molar-refractivity contribution in [1.82, 2.24) is 10.2 Å². The summed E-state index contributed by atoms with van der Waals surface area (Å²) >= 11 is 1.70. The first-order valence-electron chi connectivity index (χ1n) is 6.94. The molecule has 2 atom stereocenters. The van der Waals surface area contributed by atoms with Crippen LogP contribution in [0.1, 0.15) is 39.7 Å². The summed E-state index contributed by atoms with van der Waals surface area (Å²) in [7, 11) is 1.87. The third kappa shape index (κ3) is 5.64. The van der Waals surface area contributed by atoms with Gasteiger partial charge in [0.1, 0.15) is 0 Å². The van der Waals surface area contributed by atoms with Crippen LogP contribution in [0, 0.1) is 5.92 Å². The van der Waals surface area contributed by atoms with Crippen molar-refractivity contribution in [3.05, 3.63) is 22.4 Å². The Hall–Kier alpha value is -1.03. The zero-order valence-corrected chi connectivity index (χ0v) is 13.5. The summed E-state index contributed by atoms with van der Waals surface area (Å²) in [6.07, 6.45) is 1.92. The van der Waals surface area contributed by atoms with Gasteiger partial charge < -0.3 is 10.2 Å². The lowest BCUT2D eigenvalue weighted by atomic mass is 10.0. The maximum atomic E-state index is 12.1. The number of carbonyl (C=O) groups is 1. The lowest BCUT2D eigenvalue weighted by Crippen LogP contribution is -2.46. The van der Waals surface area contributed by atoms with Crippen molar-refractivity contribution in [3.63, 3.8) is 0 Å². The molecule has 0 saturated heterocycles. The first-order valence-corrected chi connectivity index (χ1v) is 7.88. The van der Waals surface area contributed by atoms with E-state index in [-0.39, 0.29) is 18.1 Å². The number of thiophene rings is 1. The molecule has 1 aromatic heterocycles. The standard InChI is InChI=1S/C15H26N2OS/c1-11(2)8-13(4)17(5)15(18)16-12(3)9-14-6-7-19-10-14/h6-7,10-13H,8-9H2,1-5H3,(H,16,18)/t12-,13-/m0/s1. The Morgan fingerprint density at radius 3 is 2.58 bits per heavy atom. The van der Waals surface area contributed by atoms with Crippen LogP contribution in [0.5, 0.6) is 0 Å². The Morgan fingerprint density at radius 2 is 2.05 bits per heavy atom. The summed E-state index contributed by atoms with van der Waals surface area (Å²) in [6.45, 7) is 8.52. The van der Waals surface area contributed by atoms with E-state index in [1.54, 1.807) is 11.3 Å². The molecule has 0 unspecified atom stereocenters. The minimum absolute atomic E-state index is 0.0240. The fourth-order valence-corrected chi connectivity index (χ4v) is 2.85. The highest BCUT2D eigenvalue weighted by atomic mass is 32.1. The van der Waals surface area contributed by atoms with Gasteiger partial charge in [0.15, 0.2) is 0 Å². The molecule has 0 bridgehead atoms. The number of carbonyl (C=O) groups excluding carboxylic acids is 1. The molecule has 19 heavy (non-hydrogen) atoms. The van der Waals surface area contributed by atoms with E-state index < -0.39 is 0 Å². The van der Waals surface area contributed by atoms with E-state index in [2.05, 4.69) is 49.8 Å². The van der Waals surface area contributed by atoms with Gasteiger partial charge in [0.25, 0.3) is 0 Å². The summed E-state index contributed by atoms with van der Waals surface area (Å²) < 4.78 is 0. The number of rotatable bonds is 6. The molecular formula is C15H26N2OS. The average Bonchev–Trinajstić information content (AvgIpc) is 2.79. The molecule has 1 N–H and O–H groups in total. The zero-order chi connectivity index (χ0) is 14.4. The number of hydrogen-bond acceptors (Lipinski definition) is 2. The van der Waals surface area contributed by atoms with Crippen LogP contribution in [0.4, 0.5) is 4.79 Å². The van der Waals surface area contributed by atoms with Gasteiger partial charge in [-0.3, -0.25) is 0 Å². The van der Waals surface area contributed by atoms with Crippen molar-refractivity contribution in [3.8, 4) is 0 Å². The molecule has 2 amide bonds. The van der Waals surface area contributed by atoms with Gasteiger partial charge in [-0.2, -0.15) is 11.3 Å². The topological polar surface area (TPSA) is 32.3 Å². The van der Waals surface area contributed by atoms with E-state index in [4.69, 9.17) is 0 Å². The first-order chi connectivity index (χ1) is 8.90. The van der Waals surface area contributed by atoms with Crippen LogP contribution >= 0.6 is 11.3 Å². The molecule has 0 aliphatic rings. The van der Waals surface area contributed by atoms with E-state index in [1.165, 1.54) is 5.56 Å². The van der Waals surface area contributed by atoms with Crippen molar-refractivity contribution in [2.24, 2.45) is 5.92 Å². The van der Waals surface area contributed by atoms with Gasteiger partial charge in [0.05, 0.1) is 0 Å². The molecule has 0 spiro atoms. The minimum atomic E-state index is 0.0240. The number of nitrogens with zero attached hydrogens (tertiary/aromatic N) is 1. The molecule has 0 aliphatic carbocycles. The molecule has 0 aromatic carbocycles. The average molecular weight is 282 g/mol. The van der Waals surface area contributed by atoms with Crippen LogP contribution in [-0.4, -0.2) is 30.1 Å². The first kappa shape index (κ1) is 16.0. The van der Waals surface area contributed by atoms with E-state index in [9.17, 15) is 4.79 Å². The molecule has 1 heterocycles. The summed E-state index contributed by atoms with van der Waals surface area (Å²) in [5, 5.41) is 7.27. The largest absolute Gasteiger partial charge is 0.335 e. The van der Waals surface area contributed by atoms with Gasteiger partial charge in [-0.05, 0) is 55.0 Å². The van der Waals surface area contributed by atoms with Gasteiger partial charge in [-0.15, -0.1) is 0 Å². The van der Waals surface area contributed by atoms with Crippen LogP contribution in [-0.2, 0) is 6.42 Å². The predicted molar refractivity (Wildman–Crippen MR) is 82.7 cm³/mol. The highest BCUT2D eigenvalue weighted by Crippen LogP contribution is 2.11. The number of amides is 2. The highest BCUT2D eigenvalue weighted by molar-refractivity contribution is 7.07. The molecule has 1 aromatic rings. The van der Waals surface area contributed by atoms with Gasteiger partial charge in [-0.1, -0.05) is 13.8 Å². The molecule has 4 heteroatoms. The maximum absolute atomic E-state index is 12.1. The van der Waals surface area contributed by atoms with Crippen molar-refractivity contribution in [1.29, 1.82) is 0 Å². The van der Waals surface area contributed by atoms with Crippen LogP contribution in [0.3, 0.4) is 0 Å². The Labute approximate surface area is 121 Å². The van der Waals surface area contributed by atoms with Crippen molar-refractivity contribution >= 4 is 17.4 Å². The number of nitrogens with one attached hydrogen (secondary N) is 1. The van der Waals surface area contributed by atoms with Crippen LogP contribution < -0.4 is 5.32 Å². The smallest absolute Gasteiger partial charge is 0.317 e. The quantitative estimate of drug-likeness (QED) is 0.846. The Morgan fingerprint density at radius 1 is 1.37 bits per heavy atom. The maximum Gasteiger partial charge on any atom is 0.317 e. The molecule has 0 saturated carbocycles. The highest BCUT2D eigenvalue weighted by Gasteiger charge is 2.18. The number of hydrogen-bond donors (Lipinski definition) is 1. The fraction of sp³-hybridized carbons (Fsp3) is 0.667. The molecule has 0 fully saturated rings. The lowest BCUT2D eigenvalue weighted by Gasteiger charge is -2.28. The van der Waals surface area contributed by atoms with E-state index in [0.717, 1.165) is 12.8 Å². The molecule has 3 nitrogen and oxygen atoms in total. The van der Waals surface area contributed by atoms with E-state index in [1.807, 2.05) is 11.9 Å². The summed E-state index contributed by atoms with van der Waals surface area (Å²) in [6, 6.07) is 2.57. The van der Waals surface area contributed by atoms with E-state index in [0.29, 0.717) is 5.92 Å². The summed E-state index contributed by atoms with van der Waals surface area (Å²) in [5.74, 6) is 0.605. The van der Waals surface area contributed by atoms with E-state index >= 15 is 0 Å². The van der Waals surface area contributed by atoms with Gasteiger partial charge in [0.2, 0.25) is 0 Å². The van der Waals surface area contributed by atoms with Gasteiger partial charge in [0, 0.05) is 19.1 Å².